The van der Waals surface area contributed by atoms with Crippen LogP contribution in [0.4, 0.5) is 0 Å². The number of likely N-dealkylation sites (tertiary alicyclic amines) is 1. The highest BCUT2D eigenvalue weighted by Crippen LogP contribution is 2.30. The van der Waals surface area contributed by atoms with E-state index in [0.717, 1.165) is 32.5 Å². The average molecular weight is 270 g/mol. The van der Waals surface area contributed by atoms with Crippen LogP contribution in [-0.4, -0.2) is 18.0 Å². The quantitative estimate of drug-likeness (QED) is 0.808. The van der Waals surface area contributed by atoms with Crippen molar-refractivity contribution in [2.75, 3.05) is 13.1 Å². The topological polar surface area (TPSA) is 27.0 Å². The van der Waals surface area contributed by atoms with Crippen LogP contribution in [-0.2, 0) is 12.0 Å². The van der Waals surface area contributed by atoms with Crippen molar-refractivity contribution < 1.29 is 0 Å². The van der Waals surface area contributed by atoms with Crippen LogP contribution in [0.2, 0.25) is 0 Å². The largest absolute Gasteiger partial charge is 0.299 e. The SMILES string of the molecule is CC1(C#N)CCN(Cc2ccc(C(C)(C)C)cc2)CC1. The van der Waals surface area contributed by atoms with Crippen LogP contribution in [0, 0.1) is 16.7 Å². The highest BCUT2D eigenvalue weighted by molar-refractivity contribution is 5.27. The Labute approximate surface area is 123 Å². The lowest BCUT2D eigenvalue weighted by Crippen LogP contribution is -2.37. The number of hydrogen-bond donors (Lipinski definition) is 0. The molecule has 0 aliphatic carbocycles. The normalized spacial score (nSPS) is 19.6. The van der Waals surface area contributed by atoms with E-state index in [1.807, 2.05) is 0 Å². The summed E-state index contributed by atoms with van der Waals surface area (Å²) in [6.07, 6.45) is 1.98. The molecule has 1 aliphatic heterocycles. The highest BCUT2D eigenvalue weighted by Gasteiger charge is 2.29. The lowest BCUT2D eigenvalue weighted by atomic mass is 9.82. The van der Waals surface area contributed by atoms with E-state index in [4.69, 9.17) is 5.26 Å². The van der Waals surface area contributed by atoms with Crippen molar-refractivity contribution >= 4 is 0 Å². The molecule has 1 fully saturated rings. The predicted molar refractivity (Wildman–Crippen MR) is 83.4 cm³/mol. The van der Waals surface area contributed by atoms with Gasteiger partial charge in [0.05, 0.1) is 11.5 Å². The molecule has 0 amide bonds. The zero-order valence-electron chi connectivity index (χ0n) is 13.2. The maximum absolute atomic E-state index is 9.16. The van der Waals surface area contributed by atoms with Crippen molar-refractivity contribution in [2.45, 2.75) is 52.5 Å². The van der Waals surface area contributed by atoms with Crippen LogP contribution in [0.5, 0.6) is 0 Å². The Hall–Kier alpha value is -1.33. The van der Waals surface area contributed by atoms with Gasteiger partial charge in [-0.15, -0.1) is 0 Å². The molecule has 2 nitrogen and oxygen atoms in total. The molecule has 0 N–H and O–H groups in total. The maximum atomic E-state index is 9.16. The first kappa shape index (κ1) is 15.1. The lowest BCUT2D eigenvalue weighted by molar-refractivity contribution is 0.150. The summed E-state index contributed by atoms with van der Waals surface area (Å²) in [5.74, 6) is 0. The minimum Gasteiger partial charge on any atom is -0.299 e. The van der Waals surface area contributed by atoms with E-state index in [2.05, 4.69) is 62.9 Å². The fourth-order valence-corrected chi connectivity index (χ4v) is 2.68. The second-order valence-corrected chi connectivity index (χ2v) is 7.40. The summed E-state index contributed by atoms with van der Waals surface area (Å²) in [7, 11) is 0. The summed E-state index contributed by atoms with van der Waals surface area (Å²) < 4.78 is 0. The fourth-order valence-electron chi connectivity index (χ4n) is 2.68. The average Bonchev–Trinajstić information content (AvgIpc) is 2.41. The molecular weight excluding hydrogens is 244 g/mol. The summed E-state index contributed by atoms with van der Waals surface area (Å²) in [4.78, 5) is 2.46. The maximum Gasteiger partial charge on any atom is 0.0687 e. The molecule has 1 aliphatic rings. The Kier molecular flexibility index (Phi) is 4.20. The van der Waals surface area contributed by atoms with Crippen LogP contribution >= 0.6 is 0 Å². The van der Waals surface area contributed by atoms with Crippen molar-refractivity contribution in [3.05, 3.63) is 35.4 Å². The van der Waals surface area contributed by atoms with Crippen LogP contribution in [0.15, 0.2) is 24.3 Å². The van der Waals surface area contributed by atoms with Gasteiger partial charge in [0.25, 0.3) is 0 Å². The standard InChI is InChI=1S/C18H26N2/c1-17(2,3)16-7-5-15(6-8-16)13-20-11-9-18(4,14-19)10-12-20/h5-8H,9-13H2,1-4H3. The van der Waals surface area contributed by atoms with Gasteiger partial charge in [-0.05, 0) is 49.4 Å². The van der Waals surface area contributed by atoms with Crippen molar-refractivity contribution in [2.24, 2.45) is 5.41 Å². The second-order valence-electron chi connectivity index (χ2n) is 7.40. The third-order valence-corrected chi connectivity index (χ3v) is 4.46. The molecule has 0 unspecified atom stereocenters. The van der Waals surface area contributed by atoms with Gasteiger partial charge >= 0.3 is 0 Å². The number of rotatable bonds is 2. The monoisotopic (exact) mass is 270 g/mol. The third-order valence-electron chi connectivity index (χ3n) is 4.46. The van der Waals surface area contributed by atoms with Gasteiger partial charge in [0, 0.05) is 6.54 Å². The van der Waals surface area contributed by atoms with E-state index in [1.54, 1.807) is 0 Å². The number of hydrogen-bond acceptors (Lipinski definition) is 2. The Morgan fingerprint density at radius 1 is 1.15 bits per heavy atom. The van der Waals surface area contributed by atoms with E-state index in [1.165, 1.54) is 11.1 Å². The Morgan fingerprint density at radius 3 is 2.15 bits per heavy atom. The van der Waals surface area contributed by atoms with Crippen LogP contribution < -0.4 is 0 Å². The summed E-state index contributed by atoms with van der Waals surface area (Å²) in [5.41, 5.74) is 2.88. The van der Waals surface area contributed by atoms with Gasteiger partial charge in [0.2, 0.25) is 0 Å². The van der Waals surface area contributed by atoms with Gasteiger partial charge in [0.1, 0.15) is 0 Å². The molecule has 0 bridgehead atoms. The molecule has 1 heterocycles. The first-order valence-electron chi connectivity index (χ1n) is 7.55. The van der Waals surface area contributed by atoms with Gasteiger partial charge in [-0.1, -0.05) is 45.0 Å². The molecule has 2 rings (SSSR count). The molecule has 1 aromatic rings. The Bertz CT molecular complexity index is 480. The summed E-state index contributed by atoms with van der Waals surface area (Å²) in [6, 6.07) is 11.5. The van der Waals surface area contributed by atoms with Gasteiger partial charge in [-0.2, -0.15) is 5.26 Å². The van der Waals surface area contributed by atoms with Crippen molar-refractivity contribution in [1.29, 1.82) is 5.26 Å². The zero-order valence-corrected chi connectivity index (χ0v) is 13.2. The zero-order chi connectivity index (χ0) is 14.8. The molecule has 0 aromatic heterocycles. The Balaban J connectivity index is 1.94. The minimum atomic E-state index is -0.105. The van der Waals surface area contributed by atoms with E-state index in [0.29, 0.717) is 0 Å². The third kappa shape index (κ3) is 3.61. The van der Waals surface area contributed by atoms with Gasteiger partial charge < -0.3 is 0 Å². The van der Waals surface area contributed by atoms with Crippen molar-refractivity contribution in [1.82, 2.24) is 4.90 Å². The first-order chi connectivity index (χ1) is 9.32. The van der Waals surface area contributed by atoms with Crippen molar-refractivity contribution in [3.8, 4) is 6.07 Å². The summed E-state index contributed by atoms with van der Waals surface area (Å²) >= 11 is 0. The van der Waals surface area contributed by atoms with Crippen LogP contribution in [0.25, 0.3) is 0 Å². The number of piperidine rings is 1. The van der Waals surface area contributed by atoms with E-state index in [-0.39, 0.29) is 10.8 Å². The number of nitriles is 1. The molecular formula is C18H26N2. The van der Waals surface area contributed by atoms with Gasteiger partial charge in [0.15, 0.2) is 0 Å². The molecule has 0 radical (unpaired) electrons. The second kappa shape index (κ2) is 5.58. The molecule has 0 saturated carbocycles. The van der Waals surface area contributed by atoms with E-state index in [9.17, 15) is 0 Å². The number of benzene rings is 1. The van der Waals surface area contributed by atoms with Gasteiger partial charge in [-0.25, -0.2) is 0 Å². The summed E-state index contributed by atoms with van der Waals surface area (Å²) in [6.45, 7) is 11.9. The molecule has 0 spiro atoms. The Morgan fingerprint density at radius 2 is 1.70 bits per heavy atom. The fraction of sp³-hybridized carbons (Fsp3) is 0.611. The first-order valence-corrected chi connectivity index (χ1v) is 7.55. The minimum absolute atomic E-state index is 0.105. The van der Waals surface area contributed by atoms with Crippen LogP contribution in [0.3, 0.4) is 0 Å². The van der Waals surface area contributed by atoms with Crippen molar-refractivity contribution in [3.63, 3.8) is 0 Å². The molecule has 108 valence electrons. The van der Waals surface area contributed by atoms with E-state index < -0.39 is 0 Å². The molecule has 1 saturated heterocycles. The molecule has 1 aromatic carbocycles. The number of nitrogens with zero attached hydrogens (tertiary/aromatic N) is 2. The smallest absolute Gasteiger partial charge is 0.0687 e. The highest BCUT2D eigenvalue weighted by atomic mass is 15.1. The molecule has 20 heavy (non-hydrogen) atoms. The van der Waals surface area contributed by atoms with Gasteiger partial charge in [-0.3, -0.25) is 4.90 Å². The molecule has 2 heteroatoms. The summed E-state index contributed by atoms with van der Waals surface area (Å²) in [5, 5.41) is 9.16. The molecule has 0 atom stereocenters. The van der Waals surface area contributed by atoms with E-state index >= 15 is 0 Å². The predicted octanol–water partition coefficient (Wildman–Crippen LogP) is 4.11. The lowest BCUT2D eigenvalue weighted by Gasteiger charge is -2.35. The van der Waals surface area contributed by atoms with Crippen LogP contribution in [0.1, 0.15) is 51.7 Å².